The predicted octanol–water partition coefficient (Wildman–Crippen LogP) is 1.05. The molecule has 0 radical (unpaired) electrons. The SMILES string of the molecule is Cc1nnc(CN2CCC2)s1. The van der Waals surface area contributed by atoms with Crippen LogP contribution in [0.25, 0.3) is 0 Å². The lowest BCUT2D eigenvalue weighted by molar-refractivity contribution is 0.172. The van der Waals surface area contributed by atoms with Crippen LogP contribution in [0.1, 0.15) is 16.4 Å². The molecule has 0 spiro atoms. The first-order valence-corrected chi connectivity index (χ1v) is 4.67. The Bertz CT molecular complexity index is 242. The first-order valence-electron chi connectivity index (χ1n) is 3.86. The zero-order valence-corrected chi connectivity index (χ0v) is 7.39. The molecule has 0 aromatic carbocycles. The van der Waals surface area contributed by atoms with Gasteiger partial charge in [0.15, 0.2) is 0 Å². The van der Waals surface area contributed by atoms with E-state index in [0.29, 0.717) is 0 Å². The smallest absolute Gasteiger partial charge is 0.131 e. The molecule has 0 bridgehead atoms. The van der Waals surface area contributed by atoms with Gasteiger partial charge in [-0.05, 0) is 26.4 Å². The Balaban J connectivity index is 1.95. The summed E-state index contributed by atoms with van der Waals surface area (Å²) in [4.78, 5) is 2.39. The minimum Gasteiger partial charge on any atom is -0.296 e. The van der Waals surface area contributed by atoms with Crippen molar-refractivity contribution in [2.75, 3.05) is 13.1 Å². The van der Waals surface area contributed by atoms with Crippen LogP contribution in [-0.4, -0.2) is 28.2 Å². The molecule has 0 atom stereocenters. The summed E-state index contributed by atoms with van der Waals surface area (Å²) in [5, 5.41) is 10.3. The molecular weight excluding hydrogens is 158 g/mol. The van der Waals surface area contributed by atoms with Crippen molar-refractivity contribution in [3.8, 4) is 0 Å². The van der Waals surface area contributed by atoms with Crippen LogP contribution in [0.2, 0.25) is 0 Å². The summed E-state index contributed by atoms with van der Waals surface area (Å²) in [5.74, 6) is 0. The Hall–Kier alpha value is -0.480. The molecular formula is C7H11N3S. The number of hydrogen-bond acceptors (Lipinski definition) is 4. The Morgan fingerprint density at radius 3 is 2.73 bits per heavy atom. The molecule has 3 nitrogen and oxygen atoms in total. The third kappa shape index (κ3) is 1.57. The molecule has 0 saturated carbocycles. The van der Waals surface area contributed by atoms with Gasteiger partial charge in [-0.15, -0.1) is 21.5 Å². The number of hydrogen-bond donors (Lipinski definition) is 0. The second-order valence-electron chi connectivity index (χ2n) is 2.84. The van der Waals surface area contributed by atoms with Crippen LogP contribution in [-0.2, 0) is 6.54 Å². The van der Waals surface area contributed by atoms with Gasteiger partial charge in [0.25, 0.3) is 0 Å². The van der Waals surface area contributed by atoms with Gasteiger partial charge >= 0.3 is 0 Å². The topological polar surface area (TPSA) is 29.0 Å². The molecule has 0 amide bonds. The maximum atomic E-state index is 4.06. The minimum atomic E-state index is 1.01. The normalized spacial score (nSPS) is 18.3. The van der Waals surface area contributed by atoms with Crippen molar-refractivity contribution in [1.29, 1.82) is 0 Å². The lowest BCUT2D eigenvalue weighted by Crippen LogP contribution is -2.36. The van der Waals surface area contributed by atoms with E-state index < -0.39 is 0 Å². The minimum absolute atomic E-state index is 1.01. The van der Waals surface area contributed by atoms with Crippen LogP contribution in [0, 0.1) is 6.92 Å². The summed E-state index contributed by atoms with van der Waals surface area (Å²) in [5.41, 5.74) is 0. The highest BCUT2D eigenvalue weighted by Gasteiger charge is 2.15. The Morgan fingerprint density at radius 1 is 1.45 bits per heavy atom. The molecule has 4 heteroatoms. The molecule has 1 aliphatic rings. The second-order valence-corrected chi connectivity index (χ2v) is 4.11. The van der Waals surface area contributed by atoms with Gasteiger partial charge in [-0.2, -0.15) is 0 Å². The van der Waals surface area contributed by atoms with E-state index in [1.165, 1.54) is 19.5 Å². The van der Waals surface area contributed by atoms with Crippen molar-refractivity contribution in [3.05, 3.63) is 10.0 Å². The van der Waals surface area contributed by atoms with Gasteiger partial charge in [-0.1, -0.05) is 0 Å². The average molecular weight is 169 g/mol. The maximum Gasteiger partial charge on any atom is 0.131 e. The second kappa shape index (κ2) is 2.87. The fraction of sp³-hybridized carbons (Fsp3) is 0.714. The third-order valence-electron chi connectivity index (χ3n) is 1.88. The highest BCUT2D eigenvalue weighted by atomic mass is 32.1. The summed E-state index contributed by atoms with van der Waals surface area (Å²) in [7, 11) is 0. The number of aromatic nitrogens is 2. The first-order chi connectivity index (χ1) is 5.34. The van der Waals surface area contributed by atoms with E-state index in [2.05, 4.69) is 15.1 Å². The standard InChI is InChI=1S/C7H11N3S/c1-6-8-9-7(11-6)5-10-3-2-4-10/h2-5H2,1H3. The maximum absolute atomic E-state index is 4.06. The quantitative estimate of drug-likeness (QED) is 0.662. The zero-order chi connectivity index (χ0) is 7.68. The molecule has 1 aromatic rings. The van der Waals surface area contributed by atoms with E-state index in [1.807, 2.05) is 6.92 Å². The molecule has 60 valence electrons. The molecule has 0 N–H and O–H groups in total. The molecule has 1 fully saturated rings. The monoisotopic (exact) mass is 169 g/mol. The number of likely N-dealkylation sites (tertiary alicyclic amines) is 1. The Morgan fingerprint density at radius 2 is 2.27 bits per heavy atom. The van der Waals surface area contributed by atoms with Crippen LogP contribution in [0.4, 0.5) is 0 Å². The summed E-state index contributed by atoms with van der Waals surface area (Å²) in [6, 6.07) is 0. The van der Waals surface area contributed by atoms with Crippen molar-refractivity contribution in [2.45, 2.75) is 19.9 Å². The summed E-state index contributed by atoms with van der Waals surface area (Å²) in [6.07, 6.45) is 1.35. The molecule has 1 saturated heterocycles. The van der Waals surface area contributed by atoms with Gasteiger partial charge in [0.1, 0.15) is 10.0 Å². The van der Waals surface area contributed by atoms with Crippen LogP contribution in [0.5, 0.6) is 0 Å². The van der Waals surface area contributed by atoms with Gasteiger partial charge in [-0.25, -0.2) is 0 Å². The van der Waals surface area contributed by atoms with Gasteiger partial charge in [0.05, 0.1) is 6.54 Å². The largest absolute Gasteiger partial charge is 0.296 e. The van der Waals surface area contributed by atoms with Gasteiger partial charge in [-0.3, -0.25) is 4.90 Å². The Labute approximate surface area is 70.1 Å². The van der Waals surface area contributed by atoms with Gasteiger partial charge in [0.2, 0.25) is 0 Å². The molecule has 1 aromatic heterocycles. The van der Waals surface area contributed by atoms with Gasteiger partial charge in [0, 0.05) is 0 Å². The van der Waals surface area contributed by atoms with Crippen molar-refractivity contribution in [3.63, 3.8) is 0 Å². The van der Waals surface area contributed by atoms with E-state index in [0.717, 1.165) is 16.6 Å². The number of aryl methyl sites for hydroxylation is 1. The number of rotatable bonds is 2. The Kier molecular flexibility index (Phi) is 1.87. The van der Waals surface area contributed by atoms with Crippen molar-refractivity contribution in [2.24, 2.45) is 0 Å². The van der Waals surface area contributed by atoms with E-state index in [4.69, 9.17) is 0 Å². The highest BCUT2D eigenvalue weighted by Crippen LogP contribution is 2.14. The van der Waals surface area contributed by atoms with E-state index in [9.17, 15) is 0 Å². The molecule has 0 unspecified atom stereocenters. The van der Waals surface area contributed by atoms with E-state index >= 15 is 0 Å². The summed E-state index contributed by atoms with van der Waals surface area (Å²) in [6.45, 7) is 5.47. The number of nitrogens with zero attached hydrogens (tertiary/aromatic N) is 3. The lowest BCUT2D eigenvalue weighted by atomic mass is 10.2. The molecule has 0 aliphatic carbocycles. The van der Waals surface area contributed by atoms with Crippen LogP contribution in [0.3, 0.4) is 0 Å². The van der Waals surface area contributed by atoms with Crippen LogP contribution in [0.15, 0.2) is 0 Å². The summed E-state index contributed by atoms with van der Waals surface area (Å²) >= 11 is 1.70. The predicted molar refractivity (Wildman–Crippen MR) is 44.5 cm³/mol. The van der Waals surface area contributed by atoms with E-state index in [1.54, 1.807) is 11.3 Å². The third-order valence-corrected chi connectivity index (χ3v) is 2.70. The lowest BCUT2D eigenvalue weighted by Gasteiger charge is -2.29. The van der Waals surface area contributed by atoms with Crippen LogP contribution >= 0.6 is 11.3 Å². The summed E-state index contributed by atoms with van der Waals surface area (Å²) < 4.78 is 0. The van der Waals surface area contributed by atoms with Crippen molar-refractivity contribution in [1.82, 2.24) is 15.1 Å². The van der Waals surface area contributed by atoms with Gasteiger partial charge < -0.3 is 0 Å². The molecule has 11 heavy (non-hydrogen) atoms. The molecule has 2 heterocycles. The average Bonchev–Trinajstić information content (AvgIpc) is 2.27. The van der Waals surface area contributed by atoms with Crippen molar-refractivity contribution >= 4 is 11.3 Å². The fourth-order valence-corrected chi connectivity index (χ4v) is 1.88. The van der Waals surface area contributed by atoms with E-state index in [-0.39, 0.29) is 0 Å². The molecule has 1 aliphatic heterocycles. The molecule has 2 rings (SSSR count). The fourth-order valence-electron chi connectivity index (χ4n) is 1.13. The van der Waals surface area contributed by atoms with Crippen LogP contribution < -0.4 is 0 Å². The van der Waals surface area contributed by atoms with Crippen molar-refractivity contribution < 1.29 is 0 Å². The highest BCUT2D eigenvalue weighted by molar-refractivity contribution is 7.11. The first kappa shape index (κ1) is 7.18. The zero-order valence-electron chi connectivity index (χ0n) is 6.58.